The largest absolute Gasteiger partial charge is 0.264 e. The van der Waals surface area contributed by atoms with E-state index in [0.717, 1.165) is 72.8 Å². The quantitative estimate of drug-likeness (QED) is 0.138. The third-order valence-electron chi connectivity index (χ3n) is 16.4. The van der Waals surface area contributed by atoms with Gasteiger partial charge in [-0.05, 0) is 256 Å². The molecule has 0 aliphatic heterocycles. The Morgan fingerprint density at radius 3 is 0.875 bits per heavy atom. The molecule has 0 amide bonds. The molecule has 0 aliphatic rings. The summed E-state index contributed by atoms with van der Waals surface area (Å²) in [7, 11) is 0. The lowest BCUT2D eigenvalue weighted by molar-refractivity contribution is 1.16. The molecule has 0 aliphatic carbocycles. The molecule has 0 atom stereocenters. The SMILES string of the molecule is CC.CC.CC.CC.CC.CC.CC.CC.Cc1cc2cccnc2nc1C.Cc1ccnc2ccnc(C)c12.Cc1ccnc2ccnc(C)c12.Cc1ccnc2cncc(C)c12.Cc1ccnc2nccc(C)c12.Cc1cncc2ccnc(C)c12.Cc1cncc2cncc(C)c12.Cc1nccc2ccnc(C)c12. The number of nitrogens with zero attached hydrogens (tertiary/aromatic N) is 16. The Morgan fingerprint density at radius 2 is 0.491 bits per heavy atom. The number of aromatic nitrogens is 16. The molecule has 16 aromatic heterocycles. The molecule has 16 heteroatoms. The van der Waals surface area contributed by atoms with Crippen LogP contribution in [-0.2, 0) is 0 Å². The van der Waals surface area contributed by atoms with Crippen LogP contribution in [0.1, 0.15) is 201 Å². The Balaban J connectivity index is 0.000000623. The minimum atomic E-state index is 0.834. The molecule has 0 saturated carbocycles. The van der Waals surface area contributed by atoms with E-state index in [1.165, 1.54) is 104 Å². The van der Waals surface area contributed by atoms with Crippen molar-refractivity contribution in [1.82, 2.24) is 79.7 Å². The minimum Gasteiger partial charge on any atom is -0.264 e. The fraction of sp³-hybridized carbons (Fsp3) is 0.333. The lowest BCUT2D eigenvalue weighted by Gasteiger charge is -2.02. The molecular weight excluding hydrogens is 1380 g/mol. The molecule has 592 valence electrons. The fourth-order valence-electron chi connectivity index (χ4n) is 11.5. The number of rotatable bonds is 0. The molecule has 16 rings (SSSR count). The molecular formula is C96H128N16. The summed E-state index contributed by atoms with van der Waals surface area (Å²) in [5.41, 5.74) is 23.3. The van der Waals surface area contributed by atoms with Gasteiger partial charge in [-0.1, -0.05) is 111 Å². The van der Waals surface area contributed by atoms with Crippen LogP contribution >= 0.6 is 0 Å². The van der Waals surface area contributed by atoms with Gasteiger partial charge in [0.25, 0.3) is 0 Å². The third kappa shape index (κ3) is 29.1. The molecule has 16 nitrogen and oxygen atoms in total. The highest BCUT2D eigenvalue weighted by molar-refractivity contribution is 5.89. The Hall–Kier alpha value is -11.5. The van der Waals surface area contributed by atoms with Gasteiger partial charge in [0.2, 0.25) is 0 Å². The van der Waals surface area contributed by atoms with E-state index in [1.54, 1.807) is 37.2 Å². The van der Waals surface area contributed by atoms with Gasteiger partial charge in [-0.2, -0.15) is 0 Å². The lowest BCUT2D eigenvalue weighted by Crippen LogP contribution is -1.89. The Morgan fingerprint density at radius 1 is 0.179 bits per heavy atom. The normalized spacial score (nSPS) is 9.43. The number of hydrogen-bond donors (Lipinski definition) is 0. The number of hydrogen-bond acceptors (Lipinski definition) is 16. The first-order chi connectivity index (χ1) is 54.3. The molecule has 16 heterocycles. The maximum Gasteiger partial charge on any atom is 0.159 e. The monoisotopic (exact) mass is 1510 g/mol. The fourth-order valence-corrected chi connectivity index (χ4v) is 11.5. The molecule has 0 aromatic carbocycles. The van der Waals surface area contributed by atoms with Crippen molar-refractivity contribution < 1.29 is 0 Å². The van der Waals surface area contributed by atoms with Gasteiger partial charge in [-0.3, -0.25) is 59.8 Å². The second-order valence-electron chi connectivity index (χ2n) is 23.6. The van der Waals surface area contributed by atoms with Crippen LogP contribution < -0.4 is 0 Å². The highest BCUT2D eigenvalue weighted by Crippen LogP contribution is 2.24. The molecule has 0 unspecified atom stereocenters. The van der Waals surface area contributed by atoms with E-state index in [2.05, 4.69) is 155 Å². The van der Waals surface area contributed by atoms with E-state index < -0.39 is 0 Å². The Bertz CT molecular complexity index is 4250. The highest BCUT2D eigenvalue weighted by Gasteiger charge is 2.07. The molecule has 112 heavy (non-hydrogen) atoms. The predicted molar refractivity (Wildman–Crippen MR) is 483 cm³/mol. The first-order valence-electron chi connectivity index (χ1n) is 39.6. The van der Waals surface area contributed by atoms with Crippen molar-refractivity contribution in [1.29, 1.82) is 0 Å². The molecule has 0 bridgehead atoms. The minimum absolute atomic E-state index is 0.834. The zero-order chi connectivity index (χ0) is 84.4. The van der Waals surface area contributed by atoms with E-state index in [9.17, 15) is 0 Å². The summed E-state index contributed by atoms with van der Waals surface area (Å²) in [6, 6.07) is 26.0. The topological polar surface area (TPSA) is 206 Å². The first-order valence-corrected chi connectivity index (χ1v) is 39.6. The number of pyridine rings is 16. The van der Waals surface area contributed by atoms with Crippen LogP contribution in [0.5, 0.6) is 0 Å². The van der Waals surface area contributed by atoms with Gasteiger partial charge < -0.3 is 0 Å². The van der Waals surface area contributed by atoms with E-state index in [0.29, 0.717) is 0 Å². The summed E-state index contributed by atoms with van der Waals surface area (Å²) in [5, 5.41) is 13.1. The van der Waals surface area contributed by atoms with E-state index in [4.69, 9.17) is 0 Å². The van der Waals surface area contributed by atoms with Crippen LogP contribution in [0.4, 0.5) is 0 Å². The van der Waals surface area contributed by atoms with Crippen molar-refractivity contribution >= 4 is 87.1 Å². The van der Waals surface area contributed by atoms with E-state index in [-0.39, 0.29) is 0 Å². The van der Waals surface area contributed by atoms with Gasteiger partial charge >= 0.3 is 0 Å². The lowest BCUT2D eigenvalue weighted by atomic mass is 10.1. The van der Waals surface area contributed by atoms with Crippen LogP contribution in [0.25, 0.3) is 87.1 Å². The van der Waals surface area contributed by atoms with Gasteiger partial charge in [0, 0.05) is 194 Å². The molecule has 0 N–H and O–H groups in total. The average Bonchev–Trinajstić information content (AvgIpc) is 0.848. The maximum absolute atomic E-state index is 4.36. The van der Waals surface area contributed by atoms with Gasteiger partial charge in [-0.25, -0.2) is 19.9 Å². The molecule has 0 spiro atoms. The molecule has 0 fully saturated rings. The van der Waals surface area contributed by atoms with Crippen molar-refractivity contribution in [3.05, 3.63) is 286 Å². The van der Waals surface area contributed by atoms with E-state index in [1.807, 2.05) is 306 Å². The molecule has 16 aromatic rings. The van der Waals surface area contributed by atoms with Crippen molar-refractivity contribution in [2.24, 2.45) is 0 Å². The summed E-state index contributed by atoms with van der Waals surface area (Å²) in [5.74, 6) is 0. The Labute approximate surface area is 671 Å². The van der Waals surface area contributed by atoms with Gasteiger partial charge in [0.05, 0.1) is 22.7 Å². The van der Waals surface area contributed by atoms with E-state index >= 15 is 0 Å². The summed E-state index contributed by atoms with van der Waals surface area (Å²) >= 11 is 0. The van der Waals surface area contributed by atoms with Crippen LogP contribution in [0, 0.1) is 111 Å². The third-order valence-corrected chi connectivity index (χ3v) is 16.4. The van der Waals surface area contributed by atoms with Crippen LogP contribution in [0.3, 0.4) is 0 Å². The van der Waals surface area contributed by atoms with Crippen LogP contribution in [0.15, 0.2) is 197 Å². The Kier molecular flexibility index (Phi) is 48.3. The summed E-state index contributed by atoms with van der Waals surface area (Å²) in [4.78, 5) is 67.3. The molecule has 0 saturated heterocycles. The summed E-state index contributed by atoms with van der Waals surface area (Å²) < 4.78 is 0. The zero-order valence-electron chi connectivity index (χ0n) is 73.6. The smallest absolute Gasteiger partial charge is 0.159 e. The van der Waals surface area contributed by atoms with Crippen LogP contribution in [0.2, 0.25) is 0 Å². The van der Waals surface area contributed by atoms with Gasteiger partial charge in [0.15, 0.2) is 11.3 Å². The predicted octanol–water partition coefficient (Wildman–Crippen LogP) is 26.2. The highest BCUT2D eigenvalue weighted by atomic mass is 14.8. The second-order valence-corrected chi connectivity index (χ2v) is 23.6. The summed E-state index contributed by atoms with van der Waals surface area (Å²) in [6.07, 6.45) is 34.8. The maximum atomic E-state index is 4.36. The first kappa shape index (κ1) is 98.5. The van der Waals surface area contributed by atoms with Crippen molar-refractivity contribution in [2.75, 3.05) is 0 Å². The van der Waals surface area contributed by atoms with Crippen LogP contribution in [-0.4, -0.2) is 79.7 Å². The second kappa shape index (κ2) is 55.0. The number of fused-ring (bicyclic) bond motifs is 8. The van der Waals surface area contributed by atoms with Crippen molar-refractivity contribution in [3.63, 3.8) is 0 Å². The zero-order valence-corrected chi connectivity index (χ0v) is 73.6. The summed E-state index contributed by atoms with van der Waals surface area (Å²) in [6.45, 7) is 64.8. The standard InChI is InChI=1S/8C10H10N2.8C2H6/c1-7-3-11-5-9-6-12-4-8(2)10(7)9;1-7-10-8(2)12-6-4-9(10)3-5-11-7;2*1-7-3-5-12-9-4-6-11-8(2)10(7)9;1-7-3-5-11-10-9(7)8(2)4-6-12-10;1-7-5-11-6-9-3-4-12-8(2)10(7)9;1-7-3-4-12-9-6-11-5-8(2)10(7)9;1-7-6-9-4-3-5-11-10(9)12-8(7)2;8*1-2/h8*3-6H,1-2H3;8*1-2H3. The van der Waals surface area contributed by atoms with Gasteiger partial charge in [-0.15, -0.1) is 0 Å². The number of aryl methyl sites for hydroxylation is 16. The van der Waals surface area contributed by atoms with Gasteiger partial charge in [0.1, 0.15) is 0 Å². The molecule has 0 radical (unpaired) electrons. The van der Waals surface area contributed by atoms with Crippen molar-refractivity contribution in [3.8, 4) is 0 Å². The average molecular weight is 1510 g/mol. The van der Waals surface area contributed by atoms with Crippen molar-refractivity contribution in [2.45, 2.75) is 222 Å².